The van der Waals surface area contributed by atoms with E-state index in [0.29, 0.717) is 12.5 Å². The molecule has 9 heteroatoms. The van der Waals surface area contributed by atoms with Crippen LogP contribution >= 0.6 is 10.7 Å². The van der Waals surface area contributed by atoms with E-state index in [1.54, 1.807) is 6.92 Å². The highest BCUT2D eigenvalue weighted by Crippen LogP contribution is 2.23. The van der Waals surface area contributed by atoms with Crippen molar-refractivity contribution < 1.29 is 21.2 Å². The monoisotopic (exact) mass is 329 g/mol. The fraction of sp³-hybridized carbons (Fsp3) is 0.400. The number of benzene rings is 1. The summed E-state index contributed by atoms with van der Waals surface area (Å²) in [5.74, 6) is -1.15. The summed E-state index contributed by atoms with van der Waals surface area (Å²) >= 11 is 0. The standard InChI is InChI=1S/C10H13ClFNO4S2/c1-3-6-13(2)19(16,17)10-5-4-8(7-9(10)12)18(11,14)15/h4-5,7H,3,6H2,1-2H3. The van der Waals surface area contributed by atoms with Gasteiger partial charge < -0.3 is 0 Å². The smallest absolute Gasteiger partial charge is 0.207 e. The van der Waals surface area contributed by atoms with E-state index in [1.807, 2.05) is 0 Å². The van der Waals surface area contributed by atoms with Gasteiger partial charge in [-0.25, -0.2) is 25.5 Å². The van der Waals surface area contributed by atoms with Crippen molar-refractivity contribution in [3.8, 4) is 0 Å². The first-order valence-corrected chi connectivity index (χ1v) is 9.06. The Hall–Kier alpha value is -0.700. The van der Waals surface area contributed by atoms with Crippen LogP contribution in [-0.2, 0) is 19.1 Å². The normalized spacial score (nSPS) is 12.9. The van der Waals surface area contributed by atoms with Gasteiger partial charge in [0.1, 0.15) is 10.7 Å². The first-order valence-electron chi connectivity index (χ1n) is 5.31. The zero-order chi connectivity index (χ0) is 14.8. The van der Waals surface area contributed by atoms with Crippen molar-refractivity contribution in [3.63, 3.8) is 0 Å². The number of hydrogen-bond acceptors (Lipinski definition) is 4. The Morgan fingerprint density at radius 1 is 1.26 bits per heavy atom. The van der Waals surface area contributed by atoms with Crippen molar-refractivity contribution in [2.45, 2.75) is 23.1 Å². The second-order valence-corrected chi connectivity index (χ2v) is 8.44. The zero-order valence-electron chi connectivity index (χ0n) is 10.3. The number of halogens is 2. The lowest BCUT2D eigenvalue weighted by molar-refractivity contribution is 0.461. The Labute approximate surface area is 116 Å². The van der Waals surface area contributed by atoms with Crippen molar-refractivity contribution in [2.75, 3.05) is 13.6 Å². The molecule has 0 aliphatic carbocycles. The van der Waals surface area contributed by atoms with Crippen molar-refractivity contribution in [2.24, 2.45) is 0 Å². The van der Waals surface area contributed by atoms with Crippen LogP contribution in [0.15, 0.2) is 28.0 Å². The summed E-state index contributed by atoms with van der Waals surface area (Å²) < 4.78 is 60.8. The maximum atomic E-state index is 13.7. The summed E-state index contributed by atoms with van der Waals surface area (Å²) in [4.78, 5) is -1.06. The van der Waals surface area contributed by atoms with Crippen molar-refractivity contribution in [1.29, 1.82) is 0 Å². The lowest BCUT2D eigenvalue weighted by Gasteiger charge is -2.16. The largest absolute Gasteiger partial charge is 0.261 e. The lowest BCUT2D eigenvalue weighted by Crippen LogP contribution is -2.28. The van der Waals surface area contributed by atoms with Gasteiger partial charge in [-0.15, -0.1) is 0 Å². The summed E-state index contributed by atoms with van der Waals surface area (Å²) in [6.45, 7) is 2.02. The van der Waals surface area contributed by atoms with Crippen LogP contribution in [0, 0.1) is 5.82 Å². The topological polar surface area (TPSA) is 71.5 Å². The van der Waals surface area contributed by atoms with Gasteiger partial charge in [0.2, 0.25) is 10.0 Å². The van der Waals surface area contributed by atoms with E-state index in [4.69, 9.17) is 10.7 Å². The van der Waals surface area contributed by atoms with Crippen LogP contribution in [0.25, 0.3) is 0 Å². The van der Waals surface area contributed by atoms with Gasteiger partial charge in [0, 0.05) is 24.3 Å². The minimum Gasteiger partial charge on any atom is -0.207 e. The van der Waals surface area contributed by atoms with Crippen LogP contribution in [0.1, 0.15) is 13.3 Å². The molecule has 0 spiro atoms. The van der Waals surface area contributed by atoms with Gasteiger partial charge in [0.15, 0.2) is 0 Å². The molecule has 1 rings (SSSR count). The zero-order valence-corrected chi connectivity index (χ0v) is 12.7. The first-order chi connectivity index (χ1) is 8.60. The molecule has 108 valence electrons. The molecular formula is C10H13ClFNO4S2. The molecule has 0 heterocycles. The van der Waals surface area contributed by atoms with Crippen LogP contribution in [0.5, 0.6) is 0 Å². The van der Waals surface area contributed by atoms with Crippen LogP contribution < -0.4 is 0 Å². The predicted octanol–water partition coefficient (Wildman–Crippen LogP) is 1.78. The van der Waals surface area contributed by atoms with E-state index in [0.717, 1.165) is 16.4 Å². The summed E-state index contributed by atoms with van der Waals surface area (Å²) in [7, 11) is -1.69. The molecule has 0 aromatic heterocycles. The van der Waals surface area contributed by atoms with Gasteiger partial charge in [0.05, 0.1) is 4.90 Å². The number of rotatable bonds is 5. The van der Waals surface area contributed by atoms with Gasteiger partial charge in [-0.2, -0.15) is 0 Å². The van der Waals surface area contributed by atoms with Crippen molar-refractivity contribution in [1.82, 2.24) is 4.31 Å². The van der Waals surface area contributed by atoms with E-state index in [2.05, 4.69) is 0 Å². The van der Waals surface area contributed by atoms with Crippen LogP contribution in [0.3, 0.4) is 0 Å². The molecule has 0 aliphatic rings. The molecular weight excluding hydrogens is 317 g/mol. The summed E-state index contributed by atoms with van der Waals surface area (Å²) in [5.41, 5.74) is 0. The minimum atomic E-state index is -4.09. The lowest BCUT2D eigenvalue weighted by atomic mass is 10.3. The third-order valence-electron chi connectivity index (χ3n) is 2.41. The van der Waals surface area contributed by atoms with Crippen molar-refractivity contribution >= 4 is 29.8 Å². The van der Waals surface area contributed by atoms with E-state index in [-0.39, 0.29) is 6.54 Å². The van der Waals surface area contributed by atoms with Gasteiger partial charge in [-0.05, 0) is 24.6 Å². The van der Waals surface area contributed by atoms with Gasteiger partial charge in [-0.3, -0.25) is 0 Å². The molecule has 1 aromatic rings. The fourth-order valence-corrected chi connectivity index (χ4v) is 3.51. The SMILES string of the molecule is CCCN(C)S(=O)(=O)c1ccc(S(=O)(=O)Cl)cc1F. The Morgan fingerprint density at radius 3 is 2.26 bits per heavy atom. The second kappa shape index (κ2) is 5.74. The Bertz CT molecular complexity index is 673. The summed E-state index contributed by atoms with van der Waals surface area (Å²) in [6, 6.07) is 2.44. The third-order valence-corrected chi connectivity index (χ3v) is 5.65. The number of hydrogen-bond donors (Lipinski definition) is 0. The van der Waals surface area contributed by atoms with Gasteiger partial charge in [0.25, 0.3) is 9.05 Å². The van der Waals surface area contributed by atoms with E-state index < -0.39 is 34.7 Å². The molecule has 0 amide bonds. The molecule has 5 nitrogen and oxygen atoms in total. The average Bonchev–Trinajstić information content (AvgIpc) is 2.27. The maximum Gasteiger partial charge on any atom is 0.261 e. The third kappa shape index (κ3) is 3.65. The molecule has 0 saturated carbocycles. The van der Waals surface area contributed by atoms with Crippen LogP contribution in [-0.4, -0.2) is 34.7 Å². The molecule has 19 heavy (non-hydrogen) atoms. The predicted molar refractivity (Wildman–Crippen MR) is 69.5 cm³/mol. The molecule has 0 saturated heterocycles. The Morgan fingerprint density at radius 2 is 1.84 bits per heavy atom. The minimum absolute atomic E-state index is 0.233. The van der Waals surface area contributed by atoms with Gasteiger partial charge >= 0.3 is 0 Å². The van der Waals surface area contributed by atoms with Gasteiger partial charge in [-0.1, -0.05) is 6.92 Å². The highest BCUT2D eigenvalue weighted by Gasteiger charge is 2.25. The fourth-order valence-electron chi connectivity index (χ4n) is 1.45. The van der Waals surface area contributed by atoms with Crippen LogP contribution in [0.4, 0.5) is 4.39 Å². The first kappa shape index (κ1) is 16.4. The van der Waals surface area contributed by atoms with E-state index in [1.165, 1.54) is 7.05 Å². The van der Waals surface area contributed by atoms with Crippen LogP contribution in [0.2, 0.25) is 0 Å². The molecule has 0 bridgehead atoms. The molecule has 0 atom stereocenters. The van der Waals surface area contributed by atoms with E-state index >= 15 is 0 Å². The quantitative estimate of drug-likeness (QED) is 0.772. The molecule has 0 N–H and O–H groups in total. The van der Waals surface area contributed by atoms with E-state index in [9.17, 15) is 21.2 Å². The van der Waals surface area contributed by atoms with Crippen molar-refractivity contribution in [3.05, 3.63) is 24.0 Å². The molecule has 1 aromatic carbocycles. The average molecular weight is 330 g/mol. The molecule has 0 aliphatic heterocycles. The second-order valence-electron chi connectivity index (χ2n) is 3.86. The number of sulfonamides is 1. The maximum absolute atomic E-state index is 13.7. The Balaban J connectivity index is 3.31. The molecule has 0 fully saturated rings. The number of nitrogens with zero attached hydrogens (tertiary/aromatic N) is 1. The summed E-state index contributed by atoms with van der Waals surface area (Å²) in [5, 5.41) is 0. The molecule has 0 radical (unpaired) electrons. The Kier molecular flexibility index (Phi) is 4.94. The summed E-state index contributed by atoms with van der Waals surface area (Å²) in [6.07, 6.45) is 0.575. The molecule has 0 unspecified atom stereocenters. The highest BCUT2D eigenvalue weighted by molar-refractivity contribution is 8.13. The highest BCUT2D eigenvalue weighted by atomic mass is 35.7.